The number of carbonyl (C=O) groups excluding carboxylic acids is 1. The maximum absolute atomic E-state index is 11.6. The van der Waals surface area contributed by atoms with Crippen LogP contribution in [0, 0.1) is 0 Å². The molecule has 0 bridgehead atoms. The first-order valence-electron chi connectivity index (χ1n) is 4.87. The summed E-state index contributed by atoms with van der Waals surface area (Å²) in [5.41, 5.74) is 0. The molecule has 5 nitrogen and oxygen atoms in total. The molecular formula is C10H15NO4. The number of aliphatic hydroxyl groups is 1. The van der Waals surface area contributed by atoms with Gasteiger partial charge >= 0.3 is 5.97 Å². The van der Waals surface area contributed by atoms with Crippen LogP contribution in [-0.2, 0) is 9.59 Å². The van der Waals surface area contributed by atoms with Crippen molar-refractivity contribution in [1.29, 1.82) is 0 Å². The lowest BCUT2D eigenvalue weighted by atomic mass is 10.2. The first kappa shape index (κ1) is 11.7. The zero-order valence-corrected chi connectivity index (χ0v) is 8.43. The predicted octanol–water partition coefficient (Wildman–Crippen LogP) is -0.00100. The van der Waals surface area contributed by atoms with Crippen LogP contribution in [0.4, 0.5) is 0 Å². The Bertz CT molecular complexity index is 277. The lowest BCUT2D eigenvalue weighted by Crippen LogP contribution is -2.40. The van der Waals surface area contributed by atoms with Crippen molar-refractivity contribution in [3.05, 3.63) is 12.7 Å². The maximum atomic E-state index is 11.6. The number of β-amino-alcohol motifs (C(OH)–C–C–N with tert-alkyl or cyclic N) is 1. The summed E-state index contributed by atoms with van der Waals surface area (Å²) in [6.07, 6.45) is 1.78. The first-order chi connectivity index (χ1) is 7.06. The number of hydrogen-bond acceptors (Lipinski definition) is 3. The van der Waals surface area contributed by atoms with Crippen molar-refractivity contribution in [3.63, 3.8) is 0 Å². The molecule has 0 aliphatic carbocycles. The van der Waals surface area contributed by atoms with Gasteiger partial charge in [0.15, 0.2) is 0 Å². The summed E-state index contributed by atoms with van der Waals surface area (Å²) in [4.78, 5) is 23.6. The van der Waals surface area contributed by atoms with Gasteiger partial charge in [-0.3, -0.25) is 4.79 Å². The van der Waals surface area contributed by atoms with Gasteiger partial charge in [-0.25, -0.2) is 4.79 Å². The van der Waals surface area contributed by atoms with E-state index in [-0.39, 0.29) is 25.3 Å². The van der Waals surface area contributed by atoms with Gasteiger partial charge in [0.25, 0.3) is 0 Å². The normalized spacial score (nSPS) is 25.3. The summed E-state index contributed by atoms with van der Waals surface area (Å²) in [6, 6.07) is -0.877. The van der Waals surface area contributed by atoms with Crippen molar-refractivity contribution >= 4 is 11.9 Å². The molecule has 2 N–H and O–H groups in total. The van der Waals surface area contributed by atoms with E-state index in [1.54, 1.807) is 6.08 Å². The topological polar surface area (TPSA) is 77.8 Å². The number of rotatable bonds is 4. The molecule has 1 aliphatic rings. The quantitative estimate of drug-likeness (QED) is 0.644. The summed E-state index contributed by atoms with van der Waals surface area (Å²) >= 11 is 0. The van der Waals surface area contributed by atoms with Crippen LogP contribution < -0.4 is 0 Å². The van der Waals surface area contributed by atoms with E-state index in [0.29, 0.717) is 6.42 Å². The third-order valence-corrected chi connectivity index (χ3v) is 2.45. The number of carboxylic acids is 1. The number of nitrogens with zero attached hydrogens (tertiary/aromatic N) is 1. The summed E-state index contributed by atoms with van der Waals surface area (Å²) in [5.74, 6) is -1.29. The minimum atomic E-state index is -1.06. The van der Waals surface area contributed by atoms with Gasteiger partial charge in [0.1, 0.15) is 6.04 Å². The van der Waals surface area contributed by atoms with Gasteiger partial charge in [-0.15, -0.1) is 6.58 Å². The first-order valence-corrected chi connectivity index (χ1v) is 4.87. The second-order valence-corrected chi connectivity index (χ2v) is 3.62. The van der Waals surface area contributed by atoms with Crippen molar-refractivity contribution in [3.8, 4) is 0 Å². The van der Waals surface area contributed by atoms with E-state index >= 15 is 0 Å². The van der Waals surface area contributed by atoms with Gasteiger partial charge < -0.3 is 15.1 Å². The molecule has 1 aliphatic heterocycles. The second-order valence-electron chi connectivity index (χ2n) is 3.62. The Labute approximate surface area is 88.0 Å². The average molecular weight is 213 g/mol. The van der Waals surface area contributed by atoms with Gasteiger partial charge in [0, 0.05) is 19.4 Å². The number of hydrogen-bond donors (Lipinski definition) is 2. The lowest BCUT2D eigenvalue weighted by molar-refractivity contribution is -0.148. The molecule has 0 saturated carbocycles. The van der Waals surface area contributed by atoms with Crippen LogP contribution in [0.3, 0.4) is 0 Å². The zero-order chi connectivity index (χ0) is 11.4. The van der Waals surface area contributed by atoms with E-state index in [1.165, 1.54) is 4.90 Å². The van der Waals surface area contributed by atoms with E-state index < -0.39 is 18.1 Å². The highest BCUT2D eigenvalue weighted by atomic mass is 16.4. The molecule has 1 rings (SSSR count). The number of aliphatic hydroxyl groups excluding tert-OH is 1. The lowest BCUT2D eigenvalue weighted by Gasteiger charge is -2.20. The Morgan fingerprint density at radius 1 is 1.53 bits per heavy atom. The third kappa shape index (κ3) is 2.79. The van der Waals surface area contributed by atoms with Gasteiger partial charge in [-0.1, -0.05) is 6.08 Å². The molecule has 1 heterocycles. The molecule has 84 valence electrons. The highest BCUT2D eigenvalue weighted by molar-refractivity contribution is 5.84. The van der Waals surface area contributed by atoms with Gasteiger partial charge in [0.05, 0.1) is 6.10 Å². The van der Waals surface area contributed by atoms with Crippen molar-refractivity contribution < 1.29 is 19.8 Å². The molecule has 1 amide bonds. The molecule has 1 fully saturated rings. The highest BCUT2D eigenvalue weighted by Gasteiger charge is 2.38. The Balaban J connectivity index is 2.62. The van der Waals surface area contributed by atoms with Crippen molar-refractivity contribution in [2.75, 3.05) is 6.54 Å². The SMILES string of the molecule is C=CCCC(=O)N1CC(O)C[C@H]1C(=O)O. The fraction of sp³-hybridized carbons (Fsp3) is 0.600. The molecular weight excluding hydrogens is 198 g/mol. The maximum Gasteiger partial charge on any atom is 0.326 e. The fourth-order valence-corrected chi connectivity index (χ4v) is 1.69. The molecule has 0 aromatic heterocycles. The van der Waals surface area contributed by atoms with E-state index in [1.807, 2.05) is 0 Å². The molecule has 0 aromatic carbocycles. The Hall–Kier alpha value is -1.36. The van der Waals surface area contributed by atoms with Crippen LogP contribution >= 0.6 is 0 Å². The number of carbonyl (C=O) groups is 2. The van der Waals surface area contributed by atoms with Crippen LogP contribution in [0.5, 0.6) is 0 Å². The monoisotopic (exact) mass is 213 g/mol. The number of amides is 1. The summed E-state index contributed by atoms with van der Waals surface area (Å²) in [5, 5.41) is 18.2. The van der Waals surface area contributed by atoms with E-state index in [0.717, 1.165) is 0 Å². The Morgan fingerprint density at radius 2 is 2.20 bits per heavy atom. The van der Waals surface area contributed by atoms with Crippen molar-refractivity contribution in [2.45, 2.75) is 31.4 Å². The minimum Gasteiger partial charge on any atom is -0.480 e. The molecule has 1 saturated heterocycles. The minimum absolute atomic E-state index is 0.118. The number of likely N-dealkylation sites (tertiary alicyclic amines) is 1. The van der Waals surface area contributed by atoms with Crippen LogP contribution in [0.25, 0.3) is 0 Å². The van der Waals surface area contributed by atoms with Crippen LogP contribution in [-0.4, -0.2) is 45.7 Å². The highest BCUT2D eigenvalue weighted by Crippen LogP contribution is 2.19. The molecule has 15 heavy (non-hydrogen) atoms. The number of aliphatic carboxylic acids is 1. The Morgan fingerprint density at radius 3 is 2.73 bits per heavy atom. The summed E-state index contributed by atoms with van der Waals surface area (Å²) in [7, 11) is 0. The smallest absolute Gasteiger partial charge is 0.326 e. The second kappa shape index (κ2) is 4.93. The average Bonchev–Trinajstić information content (AvgIpc) is 2.57. The zero-order valence-electron chi connectivity index (χ0n) is 8.43. The van der Waals surface area contributed by atoms with E-state index in [9.17, 15) is 14.7 Å². The molecule has 2 atom stereocenters. The van der Waals surface area contributed by atoms with Crippen molar-refractivity contribution in [2.24, 2.45) is 0 Å². The van der Waals surface area contributed by atoms with E-state index in [4.69, 9.17) is 5.11 Å². The Kier molecular flexibility index (Phi) is 3.85. The molecule has 1 unspecified atom stereocenters. The van der Waals surface area contributed by atoms with Gasteiger partial charge in [0.2, 0.25) is 5.91 Å². The standard InChI is InChI=1S/C10H15NO4/c1-2-3-4-9(13)11-6-7(12)5-8(11)10(14)15/h2,7-8,12H,1,3-6H2,(H,14,15)/t7?,8-/m0/s1. The summed E-state index contributed by atoms with van der Waals surface area (Å²) in [6.45, 7) is 3.61. The number of allylic oxidation sites excluding steroid dienone is 1. The fourth-order valence-electron chi connectivity index (χ4n) is 1.69. The summed E-state index contributed by atoms with van der Waals surface area (Å²) < 4.78 is 0. The van der Waals surface area contributed by atoms with Crippen LogP contribution in [0.15, 0.2) is 12.7 Å². The largest absolute Gasteiger partial charge is 0.480 e. The van der Waals surface area contributed by atoms with Gasteiger partial charge in [-0.05, 0) is 6.42 Å². The van der Waals surface area contributed by atoms with Crippen molar-refractivity contribution in [1.82, 2.24) is 4.90 Å². The molecule has 0 radical (unpaired) electrons. The van der Waals surface area contributed by atoms with Gasteiger partial charge in [-0.2, -0.15) is 0 Å². The predicted molar refractivity (Wildman–Crippen MR) is 53.2 cm³/mol. The van der Waals surface area contributed by atoms with Crippen LogP contribution in [0.2, 0.25) is 0 Å². The third-order valence-electron chi connectivity index (χ3n) is 2.45. The molecule has 5 heteroatoms. The van der Waals surface area contributed by atoms with Crippen LogP contribution in [0.1, 0.15) is 19.3 Å². The van der Waals surface area contributed by atoms with E-state index in [2.05, 4.69) is 6.58 Å². The molecule has 0 aromatic rings. The number of carboxylic acid groups (broad SMARTS) is 1. The molecule has 0 spiro atoms.